The van der Waals surface area contributed by atoms with Crippen LogP contribution in [0.5, 0.6) is 0 Å². The molecule has 3 amide bonds. The Morgan fingerprint density at radius 2 is 1.39 bits per heavy atom. The van der Waals surface area contributed by atoms with Crippen LogP contribution in [0, 0.1) is 5.92 Å². The second kappa shape index (κ2) is 8.15. The molecule has 7 nitrogen and oxygen atoms in total. The van der Waals surface area contributed by atoms with Gasteiger partial charge in [0.05, 0.1) is 0 Å². The Balaban J connectivity index is 1.48. The fourth-order valence-corrected chi connectivity index (χ4v) is 3.57. The Hall–Kier alpha value is -2.65. The predicted molar refractivity (Wildman–Crippen MR) is 92.1 cm³/mol. The molecule has 0 radical (unpaired) electrons. The molecule has 152 valence electrons. The van der Waals surface area contributed by atoms with Gasteiger partial charge in [-0.15, -0.1) is 0 Å². The Morgan fingerprint density at radius 3 is 1.93 bits per heavy atom. The lowest BCUT2D eigenvalue weighted by Gasteiger charge is -2.38. The normalized spacial score (nSPS) is 18.9. The van der Waals surface area contributed by atoms with Crippen LogP contribution in [-0.2, 0) is 9.59 Å². The Labute approximate surface area is 160 Å². The first-order valence-electron chi connectivity index (χ1n) is 9.11. The van der Waals surface area contributed by atoms with Crippen LogP contribution >= 0.6 is 0 Å². The molecule has 0 aromatic carbocycles. The number of piperazine rings is 1. The minimum Gasteiger partial charge on any atom is -0.339 e. The number of likely N-dealkylation sites (tertiary alicyclic amines) is 1. The summed E-state index contributed by atoms with van der Waals surface area (Å²) in [5.41, 5.74) is 0.538. The fraction of sp³-hybridized carbons (Fsp3) is 0.556. The van der Waals surface area contributed by atoms with Crippen molar-refractivity contribution in [2.75, 3.05) is 39.3 Å². The highest BCUT2D eigenvalue weighted by Crippen LogP contribution is 2.25. The van der Waals surface area contributed by atoms with E-state index in [-0.39, 0.29) is 43.7 Å². The first-order valence-corrected chi connectivity index (χ1v) is 9.11. The zero-order chi connectivity index (χ0) is 20.3. The topological polar surface area (TPSA) is 73.8 Å². The van der Waals surface area contributed by atoms with Gasteiger partial charge < -0.3 is 14.7 Å². The van der Waals surface area contributed by atoms with E-state index in [9.17, 15) is 27.6 Å². The minimum absolute atomic E-state index is 0.0742. The molecule has 10 heteroatoms. The summed E-state index contributed by atoms with van der Waals surface area (Å²) in [6.45, 7) is 1.43. The van der Waals surface area contributed by atoms with E-state index in [4.69, 9.17) is 0 Å². The lowest BCUT2D eigenvalue weighted by molar-refractivity contribution is -0.187. The maximum atomic E-state index is 12.7. The van der Waals surface area contributed by atoms with Gasteiger partial charge >= 0.3 is 12.1 Å². The highest BCUT2D eigenvalue weighted by Gasteiger charge is 2.44. The summed E-state index contributed by atoms with van der Waals surface area (Å²) in [6.07, 6.45) is -1.35. The van der Waals surface area contributed by atoms with E-state index in [0.29, 0.717) is 31.7 Å². The van der Waals surface area contributed by atoms with Crippen LogP contribution in [0.25, 0.3) is 0 Å². The van der Waals surface area contributed by atoms with Crippen LogP contribution in [-0.4, -0.2) is 82.9 Å². The van der Waals surface area contributed by atoms with Crippen molar-refractivity contribution < 1.29 is 27.6 Å². The van der Waals surface area contributed by atoms with Crippen molar-refractivity contribution in [3.8, 4) is 0 Å². The second-order valence-electron chi connectivity index (χ2n) is 6.92. The molecule has 2 fully saturated rings. The van der Waals surface area contributed by atoms with Gasteiger partial charge in [-0.05, 0) is 25.0 Å². The van der Waals surface area contributed by atoms with Gasteiger partial charge in [-0.1, -0.05) is 0 Å². The van der Waals surface area contributed by atoms with E-state index < -0.39 is 12.1 Å². The highest BCUT2D eigenvalue weighted by molar-refractivity contribution is 5.94. The number of hydrogen-bond acceptors (Lipinski definition) is 4. The van der Waals surface area contributed by atoms with Gasteiger partial charge in [-0.25, -0.2) is 0 Å². The van der Waals surface area contributed by atoms with Gasteiger partial charge in [-0.2, -0.15) is 13.2 Å². The molecule has 2 aliphatic heterocycles. The van der Waals surface area contributed by atoms with E-state index in [2.05, 4.69) is 4.98 Å². The number of rotatable bonds is 2. The summed E-state index contributed by atoms with van der Waals surface area (Å²) < 4.78 is 37.5. The molecule has 0 N–H and O–H groups in total. The van der Waals surface area contributed by atoms with Crippen molar-refractivity contribution in [1.29, 1.82) is 0 Å². The summed E-state index contributed by atoms with van der Waals surface area (Å²) >= 11 is 0. The zero-order valence-electron chi connectivity index (χ0n) is 15.2. The largest absolute Gasteiger partial charge is 0.471 e. The van der Waals surface area contributed by atoms with E-state index >= 15 is 0 Å². The van der Waals surface area contributed by atoms with Gasteiger partial charge in [-0.3, -0.25) is 19.4 Å². The van der Waals surface area contributed by atoms with Gasteiger partial charge in [0.1, 0.15) is 0 Å². The average Bonchev–Trinajstić information content (AvgIpc) is 2.72. The maximum absolute atomic E-state index is 12.7. The third-order valence-corrected chi connectivity index (χ3v) is 5.18. The molecule has 2 aliphatic rings. The summed E-state index contributed by atoms with van der Waals surface area (Å²) in [4.78, 5) is 44.3. The van der Waals surface area contributed by atoms with Crippen molar-refractivity contribution in [2.24, 2.45) is 5.92 Å². The number of halogens is 3. The number of carbonyl (C=O) groups excluding carboxylic acids is 3. The van der Waals surface area contributed by atoms with Gasteiger partial charge in [0.15, 0.2) is 0 Å². The molecule has 0 saturated carbocycles. The van der Waals surface area contributed by atoms with Crippen molar-refractivity contribution in [2.45, 2.75) is 19.0 Å². The summed E-state index contributed by atoms with van der Waals surface area (Å²) in [5, 5.41) is 0. The molecule has 3 heterocycles. The molecule has 0 spiro atoms. The summed E-state index contributed by atoms with van der Waals surface area (Å²) in [7, 11) is 0. The van der Waals surface area contributed by atoms with Crippen molar-refractivity contribution >= 4 is 17.7 Å². The zero-order valence-corrected chi connectivity index (χ0v) is 15.2. The quantitative estimate of drug-likeness (QED) is 0.750. The van der Waals surface area contributed by atoms with E-state index in [0.717, 1.165) is 4.90 Å². The molecule has 0 aliphatic carbocycles. The van der Waals surface area contributed by atoms with Crippen LogP contribution in [0.3, 0.4) is 0 Å². The monoisotopic (exact) mass is 398 g/mol. The number of pyridine rings is 1. The van der Waals surface area contributed by atoms with Gasteiger partial charge in [0.2, 0.25) is 5.91 Å². The van der Waals surface area contributed by atoms with E-state index in [1.165, 1.54) is 0 Å². The highest BCUT2D eigenvalue weighted by atomic mass is 19.4. The minimum atomic E-state index is -4.88. The average molecular weight is 398 g/mol. The lowest BCUT2D eigenvalue weighted by Crippen LogP contribution is -2.53. The number of aromatic nitrogens is 1. The Kier molecular flexibility index (Phi) is 5.85. The van der Waals surface area contributed by atoms with Crippen LogP contribution in [0.2, 0.25) is 0 Å². The number of carbonyl (C=O) groups is 3. The number of hydrogen-bond donors (Lipinski definition) is 0. The molecular formula is C18H21F3N4O3. The summed E-state index contributed by atoms with van der Waals surface area (Å²) in [6, 6.07) is 3.27. The van der Waals surface area contributed by atoms with Crippen LogP contribution in [0.1, 0.15) is 23.2 Å². The smallest absolute Gasteiger partial charge is 0.339 e. The number of amides is 3. The Morgan fingerprint density at radius 1 is 0.857 bits per heavy atom. The Bertz CT molecular complexity index is 725. The summed E-state index contributed by atoms with van der Waals surface area (Å²) in [5.74, 6) is -2.47. The molecule has 3 rings (SSSR count). The van der Waals surface area contributed by atoms with E-state index in [1.54, 1.807) is 34.3 Å². The predicted octanol–water partition coefficient (Wildman–Crippen LogP) is 1.17. The molecule has 28 heavy (non-hydrogen) atoms. The first kappa shape index (κ1) is 20.1. The second-order valence-corrected chi connectivity index (χ2v) is 6.92. The number of nitrogens with zero attached hydrogens (tertiary/aromatic N) is 4. The number of piperidine rings is 1. The molecule has 0 bridgehead atoms. The molecule has 0 atom stereocenters. The van der Waals surface area contributed by atoms with Crippen molar-refractivity contribution in [3.05, 3.63) is 30.1 Å². The van der Waals surface area contributed by atoms with Gasteiger partial charge in [0.25, 0.3) is 5.91 Å². The third-order valence-electron chi connectivity index (χ3n) is 5.18. The molecule has 1 aromatic heterocycles. The fourth-order valence-electron chi connectivity index (χ4n) is 3.57. The van der Waals surface area contributed by atoms with Gasteiger partial charge in [0, 0.05) is 63.1 Å². The lowest BCUT2D eigenvalue weighted by atomic mass is 9.95. The van der Waals surface area contributed by atoms with Crippen LogP contribution in [0.15, 0.2) is 24.5 Å². The molecule has 2 saturated heterocycles. The SMILES string of the molecule is O=C(c1ccncc1)N1CCN(C(=O)C2CCN(C(=O)C(F)(F)F)CC2)CC1. The standard InChI is InChI=1S/C18H21F3N4O3/c19-18(20,21)17(28)25-7-3-14(4-8-25)16(27)24-11-9-23(10-12-24)15(26)13-1-5-22-6-2-13/h1-2,5-6,14H,3-4,7-12H2. The third kappa shape index (κ3) is 4.42. The van der Waals surface area contributed by atoms with E-state index in [1.807, 2.05) is 0 Å². The number of alkyl halides is 3. The van der Waals surface area contributed by atoms with Crippen LogP contribution in [0.4, 0.5) is 13.2 Å². The maximum Gasteiger partial charge on any atom is 0.471 e. The van der Waals surface area contributed by atoms with Crippen molar-refractivity contribution in [3.63, 3.8) is 0 Å². The first-order chi connectivity index (χ1) is 13.3. The molecule has 1 aromatic rings. The molecular weight excluding hydrogens is 377 g/mol. The van der Waals surface area contributed by atoms with Crippen LogP contribution < -0.4 is 0 Å². The molecule has 0 unspecified atom stereocenters. The van der Waals surface area contributed by atoms with Crippen molar-refractivity contribution in [1.82, 2.24) is 19.7 Å².